The van der Waals surface area contributed by atoms with Gasteiger partial charge in [0.05, 0.1) is 18.8 Å². The van der Waals surface area contributed by atoms with Crippen molar-refractivity contribution < 1.29 is 4.74 Å². The first kappa shape index (κ1) is 17.9. The minimum Gasteiger partial charge on any atom is -0.378 e. The van der Waals surface area contributed by atoms with E-state index in [9.17, 15) is 0 Å². The molecule has 6 nitrogen and oxygen atoms in total. The lowest BCUT2D eigenvalue weighted by molar-refractivity contribution is -0.0360. The molecular formula is C19H29N5O. The molecule has 1 atom stereocenters. The number of hydrogen-bond donors (Lipinski definition) is 0. The fourth-order valence-electron chi connectivity index (χ4n) is 3.26. The molecule has 6 heteroatoms. The number of aryl methyl sites for hydroxylation is 2. The summed E-state index contributed by atoms with van der Waals surface area (Å²) in [6.07, 6.45) is 5.11. The molecule has 0 amide bonds. The molecule has 1 aliphatic heterocycles. The summed E-state index contributed by atoms with van der Waals surface area (Å²) in [5, 5.41) is 0. The summed E-state index contributed by atoms with van der Waals surface area (Å²) in [6, 6.07) is 4.24. The molecule has 0 aromatic carbocycles. The topological polar surface area (TPSA) is 46.4 Å². The van der Waals surface area contributed by atoms with Crippen molar-refractivity contribution in [2.45, 2.75) is 39.5 Å². The molecule has 0 N–H and O–H groups in total. The quantitative estimate of drug-likeness (QED) is 0.807. The second-order valence-electron chi connectivity index (χ2n) is 6.92. The Kier molecular flexibility index (Phi) is 5.71. The van der Waals surface area contributed by atoms with Crippen LogP contribution in [0.4, 0.5) is 5.69 Å². The molecule has 3 heterocycles. The standard InChI is InChI=1S/C19H29N5O/c1-5-7-24-8-6-20-19(24)14-23-9-10-25-18(13-23)17-12-16(22(3)4)11-15(2)21-17/h6,8,11-12,18H,5,7,9-10,13-14H2,1-4H3. The normalized spacial score (nSPS) is 18.5. The van der Waals surface area contributed by atoms with Crippen molar-refractivity contribution in [3.05, 3.63) is 41.7 Å². The van der Waals surface area contributed by atoms with E-state index in [-0.39, 0.29) is 6.10 Å². The number of aromatic nitrogens is 3. The average molecular weight is 343 g/mol. The molecule has 2 aromatic rings. The van der Waals surface area contributed by atoms with Gasteiger partial charge in [0.15, 0.2) is 0 Å². The van der Waals surface area contributed by atoms with Gasteiger partial charge < -0.3 is 14.2 Å². The number of hydrogen-bond acceptors (Lipinski definition) is 5. The van der Waals surface area contributed by atoms with Crippen LogP contribution in [0.3, 0.4) is 0 Å². The summed E-state index contributed by atoms with van der Waals surface area (Å²) in [6.45, 7) is 8.63. The maximum absolute atomic E-state index is 6.03. The summed E-state index contributed by atoms with van der Waals surface area (Å²) in [5.41, 5.74) is 3.22. The van der Waals surface area contributed by atoms with E-state index in [1.54, 1.807) is 0 Å². The van der Waals surface area contributed by atoms with Gasteiger partial charge in [0.2, 0.25) is 0 Å². The number of pyridine rings is 1. The van der Waals surface area contributed by atoms with Crippen molar-refractivity contribution >= 4 is 5.69 Å². The maximum Gasteiger partial charge on any atom is 0.122 e. The minimum absolute atomic E-state index is 0.0157. The highest BCUT2D eigenvalue weighted by Crippen LogP contribution is 2.25. The van der Waals surface area contributed by atoms with Crippen molar-refractivity contribution in [3.63, 3.8) is 0 Å². The largest absolute Gasteiger partial charge is 0.378 e. The lowest BCUT2D eigenvalue weighted by Gasteiger charge is -2.33. The zero-order valence-corrected chi connectivity index (χ0v) is 15.8. The Morgan fingerprint density at radius 3 is 2.92 bits per heavy atom. The lowest BCUT2D eigenvalue weighted by Crippen LogP contribution is -2.38. The van der Waals surface area contributed by atoms with Gasteiger partial charge in [-0.25, -0.2) is 4.98 Å². The van der Waals surface area contributed by atoms with Gasteiger partial charge >= 0.3 is 0 Å². The molecule has 1 aliphatic rings. The van der Waals surface area contributed by atoms with Crippen molar-refractivity contribution in [2.24, 2.45) is 0 Å². The van der Waals surface area contributed by atoms with Gasteiger partial charge in [-0.15, -0.1) is 0 Å². The molecule has 1 fully saturated rings. The van der Waals surface area contributed by atoms with Crippen molar-refractivity contribution in [3.8, 4) is 0 Å². The third kappa shape index (κ3) is 4.38. The minimum atomic E-state index is 0.0157. The molecule has 1 unspecified atom stereocenters. The molecule has 0 aliphatic carbocycles. The molecule has 0 bridgehead atoms. The second-order valence-corrected chi connectivity index (χ2v) is 6.92. The van der Waals surface area contributed by atoms with Crippen LogP contribution < -0.4 is 4.90 Å². The van der Waals surface area contributed by atoms with Crippen LogP contribution in [0, 0.1) is 6.92 Å². The number of morpholine rings is 1. The number of imidazole rings is 1. The highest BCUT2D eigenvalue weighted by molar-refractivity contribution is 5.47. The van der Waals surface area contributed by atoms with E-state index in [1.165, 1.54) is 5.69 Å². The van der Waals surface area contributed by atoms with E-state index in [4.69, 9.17) is 9.72 Å². The van der Waals surface area contributed by atoms with Crippen LogP contribution in [0.1, 0.15) is 36.7 Å². The van der Waals surface area contributed by atoms with E-state index >= 15 is 0 Å². The van der Waals surface area contributed by atoms with Gasteiger partial charge in [0.25, 0.3) is 0 Å². The Morgan fingerprint density at radius 2 is 2.16 bits per heavy atom. The summed E-state index contributed by atoms with van der Waals surface area (Å²) in [5.74, 6) is 1.13. The first-order valence-electron chi connectivity index (χ1n) is 9.06. The monoisotopic (exact) mass is 343 g/mol. The third-order valence-corrected chi connectivity index (χ3v) is 4.59. The Bertz CT molecular complexity index is 697. The molecular weight excluding hydrogens is 314 g/mol. The van der Waals surface area contributed by atoms with E-state index in [2.05, 4.69) is 58.7 Å². The first-order chi connectivity index (χ1) is 12.1. The van der Waals surface area contributed by atoms with Crippen LogP contribution in [0.25, 0.3) is 0 Å². The van der Waals surface area contributed by atoms with E-state index in [1.807, 2.05) is 13.1 Å². The molecule has 136 valence electrons. The zero-order valence-electron chi connectivity index (χ0n) is 15.8. The van der Waals surface area contributed by atoms with E-state index < -0.39 is 0 Å². The number of ether oxygens (including phenoxy) is 1. The Balaban J connectivity index is 1.72. The fourth-order valence-corrected chi connectivity index (χ4v) is 3.26. The van der Waals surface area contributed by atoms with Crippen LogP contribution >= 0.6 is 0 Å². The van der Waals surface area contributed by atoms with Gasteiger partial charge in [-0.05, 0) is 25.5 Å². The molecule has 1 saturated heterocycles. The van der Waals surface area contributed by atoms with Gasteiger partial charge in [-0.2, -0.15) is 0 Å². The molecule has 25 heavy (non-hydrogen) atoms. The molecule has 0 radical (unpaired) electrons. The van der Waals surface area contributed by atoms with Gasteiger partial charge in [0.1, 0.15) is 11.9 Å². The average Bonchev–Trinajstić information content (AvgIpc) is 3.02. The highest BCUT2D eigenvalue weighted by Gasteiger charge is 2.24. The summed E-state index contributed by atoms with van der Waals surface area (Å²) in [4.78, 5) is 13.8. The van der Waals surface area contributed by atoms with Crippen LogP contribution in [-0.2, 0) is 17.8 Å². The number of anilines is 1. The SMILES string of the molecule is CCCn1ccnc1CN1CCOC(c2cc(N(C)C)cc(C)n2)C1. The molecule has 0 spiro atoms. The van der Waals surface area contributed by atoms with Gasteiger partial charge in [0, 0.05) is 57.5 Å². The lowest BCUT2D eigenvalue weighted by atomic mass is 10.1. The predicted octanol–water partition coefficient (Wildman–Crippen LogP) is 2.64. The highest BCUT2D eigenvalue weighted by atomic mass is 16.5. The molecule has 3 rings (SSSR count). The Labute approximate surface area is 150 Å². The smallest absolute Gasteiger partial charge is 0.122 e. The second kappa shape index (κ2) is 7.97. The molecule has 2 aromatic heterocycles. The Hall–Kier alpha value is -1.92. The fraction of sp³-hybridized carbons (Fsp3) is 0.579. The summed E-state index contributed by atoms with van der Waals surface area (Å²) < 4.78 is 8.28. The van der Waals surface area contributed by atoms with Crippen molar-refractivity contribution in [1.29, 1.82) is 0 Å². The third-order valence-electron chi connectivity index (χ3n) is 4.59. The van der Waals surface area contributed by atoms with Gasteiger partial charge in [-0.3, -0.25) is 9.88 Å². The van der Waals surface area contributed by atoms with Crippen molar-refractivity contribution in [1.82, 2.24) is 19.4 Å². The molecule has 0 saturated carbocycles. The van der Waals surface area contributed by atoms with Crippen LogP contribution in [0.5, 0.6) is 0 Å². The first-order valence-corrected chi connectivity index (χ1v) is 9.06. The zero-order chi connectivity index (χ0) is 17.8. The Morgan fingerprint density at radius 1 is 1.32 bits per heavy atom. The summed E-state index contributed by atoms with van der Waals surface area (Å²) in [7, 11) is 4.11. The van der Waals surface area contributed by atoms with E-state index in [0.717, 1.165) is 56.4 Å². The summed E-state index contributed by atoms with van der Waals surface area (Å²) >= 11 is 0. The predicted molar refractivity (Wildman–Crippen MR) is 99.8 cm³/mol. The van der Waals surface area contributed by atoms with E-state index in [0.29, 0.717) is 0 Å². The van der Waals surface area contributed by atoms with Gasteiger partial charge in [-0.1, -0.05) is 6.92 Å². The van der Waals surface area contributed by atoms with Crippen LogP contribution in [0.15, 0.2) is 24.5 Å². The number of nitrogens with zero attached hydrogens (tertiary/aromatic N) is 5. The maximum atomic E-state index is 6.03. The number of rotatable bonds is 6. The van der Waals surface area contributed by atoms with Crippen LogP contribution in [-0.4, -0.2) is 53.2 Å². The van der Waals surface area contributed by atoms with Crippen LogP contribution in [0.2, 0.25) is 0 Å². The van der Waals surface area contributed by atoms with Crippen molar-refractivity contribution in [2.75, 3.05) is 38.7 Å².